The van der Waals surface area contributed by atoms with Crippen molar-refractivity contribution in [1.82, 2.24) is 16.0 Å². The smallest absolute Gasteiger partial charge is 0.225 e. The molecule has 9 heteroatoms. The second-order valence-corrected chi connectivity index (χ2v) is 12.6. The van der Waals surface area contributed by atoms with Crippen molar-refractivity contribution >= 4 is 39.3 Å². The van der Waals surface area contributed by atoms with Gasteiger partial charge in [0.15, 0.2) is 0 Å². The van der Waals surface area contributed by atoms with Crippen molar-refractivity contribution in [3.63, 3.8) is 0 Å². The minimum Gasteiger partial charge on any atom is -0.375 e. The number of amides is 3. The van der Waals surface area contributed by atoms with Crippen LogP contribution in [0.3, 0.4) is 0 Å². The van der Waals surface area contributed by atoms with Crippen LogP contribution in [0.2, 0.25) is 0 Å². The Kier molecular flexibility index (Phi) is 20.0. The molecule has 0 aliphatic rings. The molecule has 0 saturated heterocycles. The molecule has 0 aromatic heterocycles. The molecule has 1 atom stereocenters. The summed E-state index contributed by atoms with van der Waals surface area (Å²) in [7, 11) is 5.05. The molecule has 34 heavy (non-hydrogen) atoms. The molecule has 3 amide bonds. The number of hydrogen-bond acceptors (Lipinski definition) is 6. The van der Waals surface area contributed by atoms with E-state index in [0.717, 1.165) is 12.2 Å². The third kappa shape index (κ3) is 19.4. The third-order valence-corrected chi connectivity index (χ3v) is 7.97. The van der Waals surface area contributed by atoms with Crippen molar-refractivity contribution < 1.29 is 19.1 Å². The van der Waals surface area contributed by atoms with Gasteiger partial charge in [-0.2, -0.15) is 0 Å². The van der Waals surface area contributed by atoms with E-state index in [1.165, 1.54) is 0 Å². The summed E-state index contributed by atoms with van der Waals surface area (Å²) < 4.78 is 6.01. The molecule has 202 valence electrons. The van der Waals surface area contributed by atoms with Gasteiger partial charge >= 0.3 is 0 Å². The summed E-state index contributed by atoms with van der Waals surface area (Å²) in [6, 6.07) is 0.122. The average Bonchev–Trinajstić information content (AvgIpc) is 2.75. The minimum absolute atomic E-state index is 0.0399. The predicted molar refractivity (Wildman–Crippen MR) is 148 cm³/mol. The van der Waals surface area contributed by atoms with Crippen LogP contribution in [0.5, 0.6) is 0 Å². The van der Waals surface area contributed by atoms with Crippen molar-refractivity contribution in [1.29, 1.82) is 0 Å². The fraction of sp³-hybridized carbons (Fsp3) is 0.880. The first-order valence-electron chi connectivity index (χ1n) is 12.5. The van der Waals surface area contributed by atoms with E-state index in [0.29, 0.717) is 44.1 Å². The van der Waals surface area contributed by atoms with Gasteiger partial charge in [0.2, 0.25) is 17.7 Å². The monoisotopic (exact) mass is 521 g/mol. The topological polar surface area (TPSA) is 96.5 Å². The predicted octanol–water partition coefficient (Wildman–Crippen LogP) is 4.94. The van der Waals surface area contributed by atoms with E-state index in [2.05, 4.69) is 22.9 Å². The Morgan fingerprint density at radius 2 is 1.56 bits per heavy atom. The zero-order valence-corrected chi connectivity index (χ0v) is 24.9. The van der Waals surface area contributed by atoms with Crippen LogP contribution in [0.15, 0.2) is 0 Å². The molecule has 1 unspecified atom stereocenters. The van der Waals surface area contributed by atoms with Crippen molar-refractivity contribution in [3.8, 4) is 0 Å². The van der Waals surface area contributed by atoms with Crippen LogP contribution in [0.1, 0.15) is 94.4 Å². The molecule has 0 aliphatic carbocycles. The zero-order valence-electron chi connectivity index (χ0n) is 23.3. The number of hydrogen-bond donors (Lipinski definition) is 3. The summed E-state index contributed by atoms with van der Waals surface area (Å²) in [6.07, 6.45) is 3.18. The molecule has 0 aromatic rings. The third-order valence-electron chi connectivity index (χ3n) is 5.01. The van der Waals surface area contributed by atoms with Gasteiger partial charge in [0.25, 0.3) is 0 Å². The first kappa shape index (κ1) is 35.2. The minimum atomic E-state index is -0.482. The number of rotatable bonds is 17. The van der Waals surface area contributed by atoms with E-state index in [9.17, 15) is 14.4 Å². The van der Waals surface area contributed by atoms with Crippen molar-refractivity contribution in [3.05, 3.63) is 0 Å². The van der Waals surface area contributed by atoms with Gasteiger partial charge in [-0.05, 0) is 47.0 Å². The molecular formula is C25H51N3O4S2. The Balaban J connectivity index is 0. The molecular weight excluding hydrogens is 470 g/mol. The van der Waals surface area contributed by atoms with Crippen LogP contribution in [-0.4, -0.2) is 60.6 Å². The highest BCUT2D eigenvalue weighted by atomic mass is 33.1. The molecule has 0 fully saturated rings. The fourth-order valence-corrected chi connectivity index (χ4v) is 4.96. The Labute approximate surface area is 216 Å². The summed E-state index contributed by atoms with van der Waals surface area (Å²) in [6.45, 7) is 18.9. The van der Waals surface area contributed by atoms with E-state index in [4.69, 9.17) is 4.74 Å². The maximum atomic E-state index is 12.3. The summed E-state index contributed by atoms with van der Waals surface area (Å²) in [4.78, 5) is 35.6. The first-order valence-corrected chi connectivity index (χ1v) is 14.9. The number of nitrogens with one attached hydrogen (secondary N) is 3. The lowest BCUT2D eigenvalue weighted by Gasteiger charge is -2.29. The van der Waals surface area contributed by atoms with Gasteiger partial charge in [-0.3, -0.25) is 14.4 Å². The normalized spacial score (nSPS) is 12.4. The van der Waals surface area contributed by atoms with E-state index < -0.39 is 5.41 Å². The van der Waals surface area contributed by atoms with Crippen molar-refractivity contribution in [2.75, 3.05) is 26.0 Å². The first-order chi connectivity index (χ1) is 15.8. The Morgan fingerprint density at radius 3 is 2.12 bits per heavy atom. The van der Waals surface area contributed by atoms with Gasteiger partial charge in [-0.25, -0.2) is 0 Å². The van der Waals surface area contributed by atoms with E-state index in [1.54, 1.807) is 28.6 Å². The van der Waals surface area contributed by atoms with Gasteiger partial charge in [-0.15, -0.1) is 0 Å². The largest absolute Gasteiger partial charge is 0.375 e. The lowest BCUT2D eigenvalue weighted by atomic mass is 9.88. The quantitative estimate of drug-likeness (QED) is 0.185. The SMILES string of the molecule is CC.CNC(=O)CCC(C)SSCCC(=O)NCCC(C)(C)OCCC(C)(C)C(=O)NC(C)C. The fourth-order valence-electron chi connectivity index (χ4n) is 2.62. The van der Waals surface area contributed by atoms with Gasteiger partial charge < -0.3 is 20.7 Å². The van der Waals surface area contributed by atoms with Gasteiger partial charge in [0.1, 0.15) is 0 Å². The van der Waals surface area contributed by atoms with Gasteiger partial charge in [-0.1, -0.05) is 56.2 Å². The van der Waals surface area contributed by atoms with Gasteiger partial charge in [0.05, 0.1) is 5.60 Å². The standard InChI is InChI=1S/C23H45N3O4S2.C2H6/c1-17(2)26-21(29)22(4,5)13-15-30-23(6,7)12-14-25-20(28)11-16-31-32-18(3)9-10-19(27)24-8;1-2/h17-18H,9-16H2,1-8H3,(H,24,27)(H,25,28)(H,26,29);1-2H3. The Morgan fingerprint density at radius 1 is 0.941 bits per heavy atom. The highest BCUT2D eigenvalue weighted by Crippen LogP contribution is 2.29. The molecule has 0 aliphatic heterocycles. The highest BCUT2D eigenvalue weighted by Gasteiger charge is 2.29. The molecule has 0 spiro atoms. The summed E-state index contributed by atoms with van der Waals surface area (Å²) >= 11 is 0. The van der Waals surface area contributed by atoms with Crippen LogP contribution >= 0.6 is 21.6 Å². The number of carbonyl (C=O) groups excluding carboxylic acids is 3. The molecule has 0 rings (SSSR count). The maximum absolute atomic E-state index is 12.3. The second kappa shape index (κ2) is 19.3. The maximum Gasteiger partial charge on any atom is 0.225 e. The zero-order chi connectivity index (χ0) is 26.8. The van der Waals surface area contributed by atoms with Crippen LogP contribution < -0.4 is 16.0 Å². The van der Waals surface area contributed by atoms with Crippen molar-refractivity contribution in [2.24, 2.45) is 5.41 Å². The summed E-state index contributed by atoms with van der Waals surface area (Å²) in [5, 5.41) is 8.92. The molecule has 7 nitrogen and oxygen atoms in total. The van der Waals surface area contributed by atoms with Crippen LogP contribution in [0.4, 0.5) is 0 Å². The Hall–Kier alpha value is -0.930. The van der Waals surface area contributed by atoms with E-state index in [1.807, 2.05) is 55.4 Å². The average molecular weight is 522 g/mol. The molecule has 0 bridgehead atoms. The van der Waals surface area contributed by atoms with Crippen LogP contribution in [-0.2, 0) is 19.1 Å². The highest BCUT2D eigenvalue weighted by molar-refractivity contribution is 8.76. The van der Waals surface area contributed by atoms with Crippen molar-refractivity contribution in [2.45, 2.75) is 111 Å². The van der Waals surface area contributed by atoms with E-state index >= 15 is 0 Å². The summed E-state index contributed by atoms with van der Waals surface area (Å²) in [5.74, 6) is 0.888. The lowest BCUT2D eigenvalue weighted by molar-refractivity contribution is -0.132. The molecule has 0 aromatic carbocycles. The van der Waals surface area contributed by atoms with Gasteiger partial charge in [0, 0.05) is 55.5 Å². The molecule has 0 saturated carbocycles. The molecule has 0 radical (unpaired) electrons. The number of ether oxygens (including phenoxy) is 1. The Bertz CT molecular complexity index is 585. The summed E-state index contributed by atoms with van der Waals surface area (Å²) in [5.41, 5.74) is -0.854. The molecule has 0 heterocycles. The van der Waals surface area contributed by atoms with Crippen LogP contribution in [0, 0.1) is 5.41 Å². The van der Waals surface area contributed by atoms with E-state index in [-0.39, 0.29) is 29.4 Å². The lowest BCUT2D eigenvalue weighted by Crippen LogP contribution is -2.41. The molecule has 3 N–H and O–H groups in total. The number of carbonyl (C=O) groups is 3. The van der Waals surface area contributed by atoms with Crippen LogP contribution in [0.25, 0.3) is 0 Å². The second-order valence-electron chi connectivity index (χ2n) is 9.66.